The summed E-state index contributed by atoms with van der Waals surface area (Å²) in [4.78, 5) is 45.7. The molecule has 0 radical (unpaired) electrons. The molecule has 3 aliphatic heterocycles. The molecule has 2 saturated heterocycles. The fourth-order valence-corrected chi connectivity index (χ4v) is 6.81. The molecule has 2 aromatic carbocycles. The molecule has 242 valence electrons. The summed E-state index contributed by atoms with van der Waals surface area (Å²) in [6, 6.07) is 18.9. The molecule has 0 saturated carbocycles. The summed E-state index contributed by atoms with van der Waals surface area (Å²) in [6.07, 6.45) is 5.76. The van der Waals surface area contributed by atoms with Gasteiger partial charge in [-0.05, 0) is 67.6 Å². The highest BCUT2D eigenvalue weighted by atomic mass is 35.5. The lowest BCUT2D eigenvalue weighted by Gasteiger charge is -2.29. The van der Waals surface area contributed by atoms with Gasteiger partial charge in [-0.1, -0.05) is 60.1 Å². The van der Waals surface area contributed by atoms with Gasteiger partial charge in [0, 0.05) is 49.4 Å². The number of amidine groups is 1. The molecule has 4 heterocycles. The number of anilines is 1. The van der Waals surface area contributed by atoms with Crippen molar-refractivity contribution >= 4 is 52.7 Å². The maximum atomic E-state index is 13.9. The van der Waals surface area contributed by atoms with Crippen molar-refractivity contribution < 1.29 is 9.59 Å². The Morgan fingerprint density at radius 3 is 2.47 bits per heavy atom. The van der Waals surface area contributed by atoms with Gasteiger partial charge >= 0.3 is 0 Å². The maximum absolute atomic E-state index is 13.9. The lowest BCUT2D eigenvalue weighted by atomic mass is 9.85. The Morgan fingerprint density at radius 1 is 1.04 bits per heavy atom. The molecule has 1 spiro atoms. The van der Waals surface area contributed by atoms with Gasteiger partial charge in [0.25, 0.3) is 0 Å². The number of nitrogens with two attached hydrogens (primary N) is 1. The van der Waals surface area contributed by atoms with Crippen LogP contribution in [0.15, 0.2) is 76.7 Å². The number of hydrogen-bond donors (Lipinski definition) is 2. The highest BCUT2D eigenvalue weighted by molar-refractivity contribution is 6.30. The zero-order chi connectivity index (χ0) is 33.1. The van der Waals surface area contributed by atoms with Crippen LogP contribution in [0.3, 0.4) is 0 Å². The topological polar surface area (TPSA) is 131 Å². The van der Waals surface area contributed by atoms with E-state index in [0.29, 0.717) is 79.3 Å². The molecule has 10 nitrogen and oxygen atoms in total. The zero-order valence-corrected chi connectivity index (χ0v) is 27.5. The van der Waals surface area contributed by atoms with E-state index < -0.39 is 5.41 Å². The predicted octanol–water partition coefficient (Wildman–Crippen LogP) is 4.57. The highest BCUT2D eigenvalue weighted by Crippen LogP contribution is 2.42. The summed E-state index contributed by atoms with van der Waals surface area (Å²) < 4.78 is 0. The molecule has 47 heavy (non-hydrogen) atoms. The van der Waals surface area contributed by atoms with Crippen LogP contribution in [0.4, 0.5) is 5.82 Å². The number of aryl methyl sites for hydroxylation is 1. The maximum Gasteiger partial charge on any atom is 0.237 e. The number of amides is 2. The predicted molar refractivity (Wildman–Crippen MR) is 188 cm³/mol. The minimum Gasteiger partial charge on any atom is -0.383 e. The second-order valence-corrected chi connectivity index (χ2v) is 12.9. The Morgan fingerprint density at radius 2 is 1.77 bits per heavy atom. The van der Waals surface area contributed by atoms with Crippen LogP contribution in [0, 0.1) is 17.7 Å². The molecule has 11 heteroatoms. The molecule has 3 N–H and O–H groups in total. The minimum absolute atomic E-state index is 0.0517. The average Bonchev–Trinajstić information content (AvgIpc) is 3.65. The molecule has 2 fully saturated rings. The molecule has 0 aliphatic carbocycles. The van der Waals surface area contributed by atoms with Gasteiger partial charge in [0.2, 0.25) is 11.8 Å². The van der Waals surface area contributed by atoms with Crippen molar-refractivity contribution in [1.82, 2.24) is 14.8 Å². The minimum atomic E-state index is -0.519. The van der Waals surface area contributed by atoms with Gasteiger partial charge in [-0.3, -0.25) is 29.8 Å². The van der Waals surface area contributed by atoms with E-state index in [4.69, 9.17) is 27.7 Å². The zero-order valence-electron chi connectivity index (χ0n) is 26.7. The van der Waals surface area contributed by atoms with Crippen LogP contribution in [0.2, 0.25) is 5.02 Å². The number of pyridine rings is 1. The van der Waals surface area contributed by atoms with Gasteiger partial charge in [0.1, 0.15) is 18.0 Å². The first-order valence-electron chi connectivity index (χ1n) is 15.9. The second kappa shape index (κ2) is 13.6. The van der Waals surface area contributed by atoms with Gasteiger partial charge in [0.15, 0.2) is 0 Å². The van der Waals surface area contributed by atoms with E-state index in [-0.39, 0.29) is 11.8 Å². The SMILES string of the molecule is CN=CN=C(N)c1ccc(C2=CCN(C(=O)CN3CC[C@]4(CCN(c5ccc(C)c(C(=N)c6ccc(Cl)cc6)n5)C4=O)C3)CC2)cc1. The van der Waals surface area contributed by atoms with E-state index in [9.17, 15) is 9.59 Å². The number of rotatable bonds is 8. The third kappa shape index (κ3) is 6.75. The first-order chi connectivity index (χ1) is 22.7. The van der Waals surface area contributed by atoms with Gasteiger partial charge < -0.3 is 10.6 Å². The van der Waals surface area contributed by atoms with E-state index in [2.05, 4.69) is 21.0 Å². The van der Waals surface area contributed by atoms with Crippen LogP contribution < -0.4 is 10.6 Å². The number of aliphatic imine (C=N–C) groups is 2. The monoisotopic (exact) mass is 650 g/mol. The number of carbonyl (C=O) groups is 2. The van der Waals surface area contributed by atoms with Crippen molar-refractivity contribution in [2.75, 3.05) is 51.2 Å². The van der Waals surface area contributed by atoms with E-state index in [1.807, 2.05) is 48.2 Å². The summed E-state index contributed by atoms with van der Waals surface area (Å²) >= 11 is 6.04. The number of carbonyl (C=O) groups excluding carboxylic acids is 2. The van der Waals surface area contributed by atoms with Crippen LogP contribution in [0.25, 0.3) is 5.57 Å². The van der Waals surface area contributed by atoms with Crippen molar-refractivity contribution in [3.05, 3.63) is 99.7 Å². The number of nitrogens with zero attached hydrogens (tertiary/aromatic N) is 6. The molecule has 3 aromatic rings. The van der Waals surface area contributed by atoms with Crippen molar-refractivity contribution in [1.29, 1.82) is 5.41 Å². The van der Waals surface area contributed by atoms with Crippen molar-refractivity contribution in [3.63, 3.8) is 0 Å². The molecule has 0 bridgehead atoms. The number of halogens is 1. The van der Waals surface area contributed by atoms with Crippen molar-refractivity contribution in [3.8, 4) is 0 Å². The Kier molecular flexibility index (Phi) is 9.33. The molecule has 3 aliphatic rings. The lowest BCUT2D eigenvalue weighted by Crippen LogP contribution is -2.43. The number of nitrogens with one attached hydrogen (secondary N) is 1. The number of benzene rings is 2. The molecular weight excluding hydrogens is 612 g/mol. The van der Waals surface area contributed by atoms with Crippen molar-refractivity contribution in [2.45, 2.75) is 26.2 Å². The molecule has 1 atom stereocenters. The lowest BCUT2D eigenvalue weighted by molar-refractivity contribution is -0.132. The molecule has 2 amide bonds. The summed E-state index contributed by atoms with van der Waals surface area (Å²) in [5.74, 6) is 1.12. The standard InChI is InChI=1S/C36H39ClN8O2/c1-24-3-12-30(42-33(24)32(38)27-8-10-29(37)11-9-27)45-20-16-36(35(45)47)15-19-43(22-36)21-31(46)44-17-13-26(14-18-44)25-4-6-28(7-5-25)34(39)41-23-40-2/h3-13,23,38H,14-22H2,1-2H3,(H2,39,40,41)/t36-/m0/s1. The Bertz CT molecular complexity index is 1780. The fourth-order valence-electron chi connectivity index (χ4n) is 6.68. The highest BCUT2D eigenvalue weighted by Gasteiger charge is 2.51. The smallest absolute Gasteiger partial charge is 0.237 e. The van der Waals surface area contributed by atoms with Gasteiger partial charge in [-0.25, -0.2) is 9.98 Å². The van der Waals surface area contributed by atoms with E-state index >= 15 is 0 Å². The van der Waals surface area contributed by atoms with Crippen LogP contribution in [-0.2, 0) is 9.59 Å². The van der Waals surface area contributed by atoms with E-state index in [1.54, 1.807) is 36.2 Å². The Hall–Kier alpha value is -4.67. The van der Waals surface area contributed by atoms with Crippen molar-refractivity contribution in [2.24, 2.45) is 21.1 Å². The van der Waals surface area contributed by atoms with E-state index in [0.717, 1.165) is 29.5 Å². The van der Waals surface area contributed by atoms with Gasteiger partial charge in [-0.15, -0.1) is 0 Å². The largest absolute Gasteiger partial charge is 0.383 e. The van der Waals surface area contributed by atoms with Gasteiger partial charge in [-0.2, -0.15) is 0 Å². The van der Waals surface area contributed by atoms with Crippen LogP contribution >= 0.6 is 11.6 Å². The quantitative estimate of drug-likeness (QED) is 0.272. The van der Waals surface area contributed by atoms with Crippen LogP contribution in [-0.4, -0.2) is 90.8 Å². The molecule has 0 unspecified atom stereocenters. The third-order valence-electron chi connectivity index (χ3n) is 9.46. The Labute approximate surface area is 280 Å². The van der Waals surface area contributed by atoms with Crippen LogP contribution in [0.5, 0.6) is 0 Å². The fraction of sp³-hybridized carbons (Fsp3) is 0.333. The first-order valence-corrected chi connectivity index (χ1v) is 16.2. The normalized spacial score (nSPS) is 20.4. The number of likely N-dealkylation sites (tertiary alicyclic amines) is 1. The third-order valence-corrected chi connectivity index (χ3v) is 9.71. The summed E-state index contributed by atoms with van der Waals surface area (Å²) in [7, 11) is 1.65. The first kappa shape index (κ1) is 32.3. The molecule has 1 aromatic heterocycles. The van der Waals surface area contributed by atoms with E-state index in [1.165, 1.54) is 11.9 Å². The Balaban J connectivity index is 1.05. The average molecular weight is 651 g/mol. The summed E-state index contributed by atoms with van der Waals surface area (Å²) in [5, 5.41) is 9.37. The molecular formula is C36H39ClN8O2. The summed E-state index contributed by atoms with van der Waals surface area (Å²) in [5.41, 5.74) is 11.1. The van der Waals surface area contributed by atoms with Crippen LogP contribution in [0.1, 0.15) is 47.2 Å². The van der Waals surface area contributed by atoms with Gasteiger partial charge in [0.05, 0.1) is 23.4 Å². The second-order valence-electron chi connectivity index (χ2n) is 12.4. The number of aromatic nitrogens is 1. The number of hydrogen-bond acceptors (Lipinski definition) is 6. The molecule has 6 rings (SSSR count). The summed E-state index contributed by atoms with van der Waals surface area (Å²) in [6.45, 7) is 5.27.